The Labute approximate surface area is 105 Å². The van der Waals surface area contributed by atoms with Crippen LogP contribution < -0.4 is 4.90 Å². The zero-order valence-electron chi connectivity index (χ0n) is 10.1. The maximum absolute atomic E-state index is 12.2. The molecule has 0 unspecified atom stereocenters. The van der Waals surface area contributed by atoms with E-state index in [-0.39, 0.29) is 5.91 Å². The molecule has 0 aliphatic carbocycles. The Morgan fingerprint density at radius 1 is 1.24 bits per heavy atom. The first-order valence-corrected chi connectivity index (χ1v) is 6.18. The molecular formula is C13H14N2OS. The van der Waals surface area contributed by atoms with E-state index in [1.807, 2.05) is 44.2 Å². The Bertz CT molecular complexity index is 534. The maximum Gasteiger partial charge on any atom is 0.277 e. The van der Waals surface area contributed by atoms with Gasteiger partial charge in [-0.1, -0.05) is 18.2 Å². The monoisotopic (exact) mass is 246 g/mol. The molecule has 0 atom stereocenters. The number of aryl methyl sites for hydroxylation is 2. The van der Waals surface area contributed by atoms with Gasteiger partial charge in [-0.05, 0) is 26.0 Å². The molecule has 0 fully saturated rings. The number of hydrogen-bond acceptors (Lipinski definition) is 3. The molecule has 0 N–H and O–H groups in total. The maximum atomic E-state index is 12.2. The van der Waals surface area contributed by atoms with Crippen molar-refractivity contribution in [2.75, 3.05) is 11.9 Å². The van der Waals surface area contributed by atoms with E-state index in [1.54, 1.807) is 23.3 Å². The van der Waals surface area contributed by atoms with Crippen molar-refractivity contribution in [3.63, 3.8) is 0 Å². The van der Waals surface area contributed by atoms with E-state index >= 15 is 0 Å². The number of hydrogen-bond donors (Lipinski definition) is 0. The molecule has 0 spiro atoms. The highest BCUT2D eigenvalue weighted by Crippen LogP contribution is 2.20. The van der Waals surface area contributed by atoms with Gasteiger partial charge in [0, 0.05) is 17.6 Å². The molecule has 2 rings (SSSR count). The second kappa shape index (κ2) is 4.67. The second-order valence-corrected chi connectivity index (χ2v) is 5.24. The second-order valence-electron chi connectivity index (χ2n) is 3.84. The quantitative estimate of drug-likeness (QED) is 0.816. The van der Waals surface area contributed by atoms with Gasteiger partial charge in [-0.2, -0.15) is 0 Å². The van der Waals surface area contributed by atoms with Crippen molar-refractivity contribution in [2.24, 2.45) is 0 Å². The molecule has 88 valence electrons. The fraction of sp³-hybridized carbons (Fsp3) is 0.231. The van der Waals surface area contributed by atoms with Gasteiger partial charge in [0.15, 0.2) is 0 Å². The molecule has 4 heteroatoms. The van der Waals surface area contributed by atoms with Crippen LogP contribution in [0.3, 0.4) is 0 Å². The first kappa shape index (κ1) is 11.8. The van der Waals surface area contributed by atoms with Gasteiger partial charge in [-0.25, -0.2) is 4.98 Å². The zero-order chi connectivity index (χ0) is 12.4. The van der Waals surface area contributed by atoms with Crippen LogP contribution in [-0.2, 0) is 0 Å². The molecule has 0 aliphatic heterocycles. The van der Waals surface area contributed by atoms with Gasteiger partial charge in [-0.15, -0.1) is 11.3 Å². The lowest BCUT2D eigenvalue weighted by Gasteiger charge is -2.16. The van der Waals surface area contributed by atoms with E-state index in [2.05, 4.69) is 4.98 Å². The van der Waals surface area contributed by atoms with Crippen molar-refractivity contribution in [1.82, 2.24) is 4.98 Å². The van der Waals surface area contributed by atoms with E-state index in [4.69, 9.17) is 0 Å². The van der Waals surface area contributed by atoms with Crippen molar-refractivity contribution in [3.05, 3.63) is 45.9 Å². The molecule has 1 aromatic heterocycles. The molecule has 1 heterocycles. The van der Waals surface area contributed by atoms with Crippen LogP contribution in [0.15, 0.2) is 30.3 Å². The third kappa shape index (κ3) is 2.36. The zero-order valence-corrected chi connectivity index (χ0v) is 10.9. The van der Waals surface area contributed by atoms with Gasteiger partial charge in [0.25, 0.3) is 5.91 Å². The standard InChI is InChI=1S/C13H14N2OS/c1-9-12(14-10(2)17-9)13(16)15(3)11-7-5-4-6-8-11/h4-8H,1-3H3. The lowest BCUT2D eigenvalue weighted by Crippen LogP contribution is -2.27. The normalized spacial score (nSPS) is 10.3. The number of aromatic nitrogens is 1. The number of carbonyl (C=O) groups is 1. The SMILES string of the molecule is Cc1nc(C(=O)N(C)c2ccccc2)c(C)s1. The Kier molecular flexibility index (Phi) is 3.24. The minimum Gasteiger partial charge on any atom is -0.310 e. The molecule has 1 amide bonds. The summed E-state index contributed by atoms with van der Waals surface area (Å²) in [4.78, 5) is 19.1. The van der Waals surface area contributed by atoms with E-state index in [9.17, 15) is 4.79 Å². The summed E-state index contributed by atoms with van der Waals surface area (Å²) >= 11 is 1.55. The highest BCUT2D eigenvalue weighted by molar-refractivity contribution is 7.11. The summed E-state index contributed by atoms with van der Waals surface area (Å²) < 4.78 is 0. The topological polar surface area (TPSA) is 33.2 Å². The minimum atomic E-state index is -0.0574. The summed E-state index contributed by atoms with van der Waals surface area (Å²) in [6.45, 7) is 3.84. The first-order valence-electron chi connectivity index (χ1n) is 5.36. The predicted molar refractivity (Wildman–Crippen MR) is 70.8 cm³/mol. The summed E-state index contributed by atoms with van der Waals surface area (Å²) in [5.74, 6) is -0.0574. The third-order valence-corrected chi connectivity index (χ3v) is 3.44. The van der Waals surface area contributed by atoms with E-state index < -0.39 is 0 Å². The number of carbonyl (C=O) groups excluding carboxylic acids is 1. The summed E-state index contributed by atoms with van der Waals surface area (Å²) in [7, 11) is 1.77. The van der Waals surface area contributed by atoms with Gasteiger partial charge < -0.3 is 4.90 Å². The van der Waals surface area contributed by atoms with Gasteiger partial charge in [0.05, 0.1) is 5.01 Å². The number of amides is 1. The van der Waals surface area contributed by atoms with Crippen LogP contribution >= 0.6 is 11.3 Å². The van der Waals surface area contributed by atoms with Gasteiger partial charge in [-0.3, -0.25) is 4.79 Å². The van der Waals surface area contributed by atoms with Crippen molar-refractivity contribution in [3.8, 4) is 0 Å². The van der Waals surface area contributed by atoms with Gasteiger partial charge in [0.1, 0.15) is 5.69 Å². The smallest absolute Gasteiger partial charge is 0.277 e. The fourth-order valence-electron chi connectivity index (χ4n) is 1.66. The number of anilines is 1. The number of benzene rings is 1. The molecule has 17 heavy (non-hydrogen) atoms. The summed E-state index contributed by atoms with van der Waals surface area (Å²) in [5, 5.41) is 0.923. The van der Waals surface area contributed by atoms with Crippen LogP contribution in [0.2, 0.25) is 0 Å². The molecule has 0 saturated heterocycles. The van der Waals surface area contributed by atoms with Crippen molar-refractivity contribution >= 4 is 22.9 Å². The number of rotatable bonds is 2. The van der Waals surface area contributed by atoms with Crippen LogP contribution in [0, 0.1) is 13.8 Å². The summed E-state index contributed by atoms with van der Waals surface area (Å²) in [5.41, 5.74) is 1.43. The molecule has 0 bridgehead atoms. The van der Waals surface area contributed by atoms with Crippen molar-refractivity contribution in [1.29, 1.82) is 0 Å². The average molecular weight is 246 g/mol. The number of thiazole rings is 1. The van der Waals surface area contributed by atoms with Crippen LogP contribution in [0.4, 0.5) is 5.69 Å². The molecule has 0 aliphatic rings. The predicted octanol–water partition coefficient (Wildman–Crippen LogP) is 3.04. The Balaban J connectivity index is 2.30. The lowest BCUT2D eigenvalue weighted by molar-refractivity contribution is 0.0988. The highest BCUT2D eigenvalue weighted by Gasteiger charge is 2.18. The van der Waals surface area contributed by atoms with Gasteiger partial charge >= 0.3 is 0 Å². The molecule has 2 aromatic rings. The highest BCUT2D eigenvalue weighted by atomic mass is 32.1. The van der Waals surface area contributed by atoms with E-state index in [0.29, 0.717) is 5.69 Å². The molecule has 3 nitrogen and oxygen atoms in total. The average Bonchev–Trinajstić information content (AvgIpc) is 2.68. The summed E-state index contributed by atoms with van der Waals surface area (Å²) in [6, 6.07) is 9.58. The third-order valence-electron chi connectivity index (χ3n) is 2.55. The van der Waals surface area contributed by atoms with Crippen LogP contribution in [0.5, 0.6) is 0 Å². The largest absolute Gasteiger partial charge is 0.310 e. The summed E-state index contributed by atoms with van der Waals surface area (Å²) in [6.07, 6.45) is 0. The Hall–Kier alpha value is -1.68. The molecule has 0 saturated carbocycles. The van der Waals surface area contributed by atoms with Crippen LogP contribution in [0.25, 0.3) is 0 Å². The van der Waals surface area contributed by atoms with Crippen molar-refractivity contribution in [2.45, 2.75) is 13.8 Å². The lowest BCUT2D eigenvalue weighted by atomic mass is 10.2. The van der Waals surface area contributed by atoms with Crippen molar-refractivity contribution < 1.29 is 4.79 Å². The van der Waals surface area contributed by atoms with Crippen LogP contribution in [0.1, 0.15) is 20.4 Å². The minimum absolute atomic E-state index is 0.0574. The fourth-order valence-corrected chi connectivity index (χ4v) is 2.46. The molecular weight excluding hydrogens is 232 g/mol. The number of nitrogens with zero attached hydrogens (tertiary/aromatic N) is 2. The van der Waals surface area contributed by atoms with Gasteiger partial charge in [0.2, 0.25) is 0 Å². The molecule has 0 radical (unpaired) electrons. The van der Waals surface area contributed by atoms with E-state index in [0.717, 1.165) is 15.6 Å². The first-order chi connectivity index (χ1) is 8.09. The van der Waals surface area contributed by atoms with Crippen LogP contribution in [-0.4, -0.2) is 17.9 Å². The van der Waals surface area contributed by atoms with E-state index in [1.165, 1.54) is 0 Å². The Morgan fingerprint density at radius 2 is 1.88 bits per heavy atom. The number of para-hydroxylation sites is 1. The Morgan fingerprint density at radius 3 is 2.41 bits per heavy atom. The molecule has 1 aromatic carbocycles.